The smallest absolute Gasteiger partial charge is 0.209 e. The second-order valence-electron chi connectivity index (χ2n) is 4.28. The lowest BCUT2D eigenvalue weighted by atomic mass is 9.90. The van der Waals surface area contributed by atoms with Crippen molar-refractivity contribution in [1.29, 1.82) is 0 Å². The van der Waals surface area contributed by atoms with Gasteiger partial charge in [-0.2, -0.15) is 5.10 Å². The van der Waals surface area contributed by atoms with Crippen LogP contribution >= 0.6 is 11.8 Å². The number of thioether (sulfide) groups is 1. The van der Waals surface area contributed by atoms with Gasteiger partial charge in [0.1, 0.15) is 0 Å². The van der Waals surface area contributed by atoms with Gasteiger partial charge in [0.2, 0.25) is 5.16 Å². The van der Waals surface area contributed by atoms with Crippen LogP contribution < -0.4 is 0 Å². The summed E-state index contributed by atoms with van der Waals surface area (Å²) in [5, 5.41) is 8.81. The van der Waals surface area contributed by atoms with E-state index in [1.807, 2.05) is 12.5 Å². The average molecular weight is 222 g/mol. The molecule has 3 heterocycles. The van der Waals surface area contributed by atoms with Crippen LogP contribution in [0.3, 0.4) is 0 Å². The SMILES string of the molecule is CSc1nncc(C2CN3CCC2C3)n1. The van der Waals surface area contributed by atoms with Crippen LogP contribution in [0.5, 0.6) is 0 Å². The van der Waals surface area contributed by atoms with Gasteiger partial charge in [-0.3, -0.25) is 0 Å². The van der Waals surface area contributed by atoms with Gasteiger partial charge in [-0.1, -0.05) is 11.8 Å². The van der Waals surface area contributed by atoms with E-state index in [9.17, 15) is 0 Å². The van der Waals surface area contributed by atoms with E-state index in [2.05, 4.69) is 20.1 Å². The lowest BCUT2D eigenvalue weighted by Crippen LogP contribution is -2.23. The Bertz CT molecular complexity index is 370. The Morgan fingerprint density at radius 1 is 1.47 bits per heavy atom. The number of hydrogen-bond donors (Lipinski definition) is 0. The Hall–Kier alpha value is -0.680. The summed E-state index contributed by atoms with van der Waals surface area (Å²) in [5.41, 5.74) is 1.14. The van der Waals surface area contributed by atoms with Gasteiger partial charge in [0.25, 0.3) is 0 Å². The van der Waals surface area contributed by atoms with Crippen molar-refractivity contribution >= 4 is 11.8 Å². The third kappa shape index (κ3) is 1.63. The zero-order valence-electron chi connectivity index (χ0n) is 8.76. The van der Waals surface area contributed by atoms with Gasteiger partial charge >= 0.3 is 0 Å². The average Bonchev–Trinajstić information content (AvgIpc) is 2.91. The molecule has 1 aromatic heterocycles. The fourth-order valence-electron chi connectivity index (χ4n) is 2.68. The van der Waals surface area contributed by atoms with Crippen molar-refractivity contribution in [3.63, 3.8) is 0 Å². The van der Waals surface area contributed by atoms with Gasteiger partial charge in [0.05, 0.1) is 11.9 Å². The summed E-state index contributed by atoms with van der Waals surface area (Å²) in [6.45, 7) is 3.69. The van der Waals surface area contributed by atoms with Crippen LogP contribution in [-0.4, -0.2) is 46.0 Å². The summed E-state index contributed by atoms with van der Waals surface area (Å²) in [6, 6.07) is 0. The summed E-state index contributed by atoms with van der Waals surface area (Å²) >= 11 is 1.56. The van der Waals surface area contributed by atoms with Crippen LogP contribution in [-0.2, 0) is 0 Å². The van der Waals surface area contributed by atoms with Gasteiger partial charge in [-0.15, -0.1) is 5.10 Å². The third-order valence-electron chi connectivity index (χ3n) is 3.45. The number of hydrogen-bond acceptors (Lipinski definition) is 5. The van der Waals surface area contributed by atoms with Gasteiger partial charge in [0, 0.05) is 19.0 Å². The van der Waals surface area contributed by atoms with E-state index >= 15 is 0 Å². The molecule has 0 amide bonds. The number of fused-ring (bicyclic) bond motifs is 2. The molecule has 0 saturated carbocycles. The maximum atomic E-state index is 4.55. The maximum absolute atomic E-state index is 4.55. The summed E-state index contributed by atoms with van der Waals surface area (Å²) in [5.74, 6) is 1.40. The Balaban J connectivity index is 1.86. The number of rotatable bonds is 2. The van der Waals surface area contributed by atoms with Crippen molar-refractivity contribution in [2.24, 2.45) is 5.92 Å². The minimum Gasteiger partial charge on any atom is -0.302 e. The minimum atomic E-state index is 0.597. The molecule has 2 saturated heterocycles. The first-order valence-electron chi connectivity index (χ1n) is 5.33. The molecule has 4 nitrogen and oxygen atoms in total. The Morgan fingerprint density at radius 2 is 2.40 bits per heavy atom. The fourth-order valence-corrected chi connectivity index (χ4v) is 3.01. The van der Waals surface area contributed by atoms with E-state index in [4.69, 9.17) is 0 Å². The maximum Gasteiger partial charge on any atom is 0.209 e. The molecule has 80 valence electrons. The molecule has 2 aliphatic rings. The van der Waals surface area contributed by atoms with E-state index in [1.165, 1.54) is 19.5 Å². The minimum absolute atomic E-state index is 0.597. The van der Waals surface area contributed by atoms with E-state index in [-0.39, 0.29) is 0 Å². The summed E-state index contributed by atoms with van der Waals surface area (Å²) in [6.07, 6.45) is 5.15. The first-order chi connectivity index (χ1) is 7.36. The molecule has 15 heavy (non-hydrogen) atoms. The van der Waals surface area contributed by atoms with E-state index < -0.39 is 0 Å². The molecule has 3 unspecified atom stereocenters. The molecule has 0 aliphatic carbocycles. The van der Waals surface area contributed by atoms with E-state index in [1.54, 1.807) is 11.8 Å². The zero-order chi connectivity index (χ0) is 10.3. The Morgan fingerprint density at radius 3 is 3.07 bits per heavy atom. The summed E-state index contributed by atoms with van der Waals surface area (Å²) < 4.78 is 0. The van der Waals surface area contributed by atoms with Crippen molar-refractivity contribution in [3.05, 3.63) is 11.9 Å². The second-order valence-corrected chi connectivity index (χ2v) is 5.06. The first kappa shape index (κ1) is 9.54. The molecule has 2 fully saturated rings. The van der Waals surface area contributed by atoms with E-state index in [0.29, 0.717) is 5.92 Å². The zero-order valence-corrected chi connectivity index (χ0v) is 9.57. The van der Waals surface area contributed by atoms with Gasteiger partial charge < -0.3 is 4.90 Å². The normalized spacial score (nSPS) is 33.5. The van der Waals surface area contributed by atoms with E-state index in [0.717, 1.165) is 23.3 Å². The summed E-state index contributed by atoms with van der Waals surface area (Å²) in [7, 11) is 0. The molecule has 0 spiro atoms. The van der Waals surface area contributed by atoms with Crippen LogP contribution in [0, 0.1) is 5.92 Å². The van der Waals surface area contributed by atoms with Gasteiger partial charge in [-0.05, 0) is 25.1 Å². The highest BCUT2D eigenvalue weighted by atomic mass is 32.2. The van der Waals surface area contributed by atoms with Crippen molar-refractivity contribution in [3.8, 4) is 0 Å². The molecular weight excluding hydrogens is 208 g/mol. The van der Waals surface area contributed by atoms with Crippen LogP contribution in [0.25, 0.3) is 0 Å². The molecule has 0 aromatic carbocycles. The topological polar surface area (TPSA) is 41.9 Å². The molecule has 5 heteroatoms. The number of aromatic nitrogens is 3. The molecule has 2 bridgehead atoms. The highest BCUT2D eigenvalue weighted by Gasteiger charge is 2.39. The Labute approximate surface area is 93.5 Å². The quantitative estimate of drug-likeness (QED) is 0.699. The Kier molecular flexibility index (Phi) is 2.36. The molecule has 0 radical (unpaired) electrons. The van der Waals surface area contributed by atoms with Crippen LogP contribution in [0.1, 0.15) is 18.0 Å². The molecule has 2 aliphatic heterocycles. The van der Waals surface area contributed by atoms with Crippen LogP contribution in [0.2, 0.25) is 0 Å². The number of piperidine rings is 1. The van der Waals surface area contributed by atoms with Crippen molar-refractivity contribution in [2.75, 3.05) is 25.9 Å². The van der Waals surface area contributed by atoms with Crippen LogP contribution in [0.4, 0.5) is 0 Å². The fraction of sp³-hybridized carbons (Fsp3) is 0.700. The molecule has 1 aromatic rings. The lowest BCUT2D eigenvalue weighted by Gasteiger charge is -2.20. The lowest BCUT2D eigenvalue weighted by molar-refractivity contribution is 0.342. The van der Waals surface area contributed by atoms with Crippen molar-refractivity contribution in [1.82, 2.24) is 20.1 Å². The van der Waals surface area contributed by atoms with Gasteiger partial charge in [-0.25, -0.2) is 4.98 Å². The summed E-state index contributed by atoms with van der Waals surface area (Å²) in [4.78, 5) is 7.08. The standard InChI is InChI=1S/C10H14N4S/c1-15-10-12-9(4-11-13-10)8-6-14-3-2-7(8)5-14/h4,7-8H,2-3,5-6H2,1H3. The highest BCUT2D eigenvalue weighted by Crippen LogP contribution is 2.38. The largest absolute Gasteiger partial charge is 0.302 e. The number of nitrogens with zero attached hydrogens (tertiary/aromatic N) is 4. The predicted molar refractivity (Wildman–Crippen MR) is 58.9 cm³/mol. The predicted octanol–water partition coefficient (Wildman–Crippen LogP) is 1.01. The molecule has 0 N–H and O–H groups in total. The molecular formula is C10H14N4S. The molecule has 3 atom stereocenters. The van der Waals surface area contributed by atoms with Crippen molar-refractivity contribution in [2.45, 2.75) is 17.5 Å². The van der Waals surface area contributed by atoms with Crippen LogP contribution in [0.15, 0.2) is 11.4 Å². The van der Waals surface area contributed by atoms with Crippen molar-refractivity contribution < 1.29 is 0 Å². The monoisotopic (exact) mass is 222 g/mol. The molecule has 3 rings (SSSR count). The second kappa shape index (κ2) is 3.72. The van der Waals surface area contributed by atoms with Gasteiger partial charge in [0.15, 0.2) is 0 Å². The third-order valence-corrected chi connectivity index (χ3v) is 3.99. The highest BCUT2D eigenvalue weighted by molar-refractivity contribution is 7.98. The first-order valence-corrected chi connectivity index (χ1v) is 6.55.